The molecule has 0 amide bonds. The molecule has 0 aliphatic rings. The molecule has 19 heavy (non-hydrogen) atoms. The van der Waals surface area contributed by atoms with E-state index in [4.69, 9.17) is 5.73 Å². The lowest BCUT2D eigenvalue weighted by atomic mass is 10.2. The summed E-state index contributed by atoms with van der Waals surface area (Å²) >= 11 is 0. The second kappa shape index (κ2) is 4.28. The van der Waals surface area contributed by atoms with Crippen molar-refractivity contribution in [2.24, 2.45) is 7.05 Å². The zero-order valence-electron chi connectivity index (χ0n) is 10.9. The van der Waals surface area contributed by atoms with Gasteiger partial charge in [0.2, 0.25) is 0 Å². The number of hydrogen-bond donors (Lipinski definition) is 1. The topological polar surface area (TPSA) is 61.7 Å². The first kappa shape index (κ1) is 11.5. The molecule has 0 bridgehead atoms. The predicted octanol–water partition coefficient (Wildman–Crippen LogP) is 2.16. The number of hydrogen-bond acceptors (Lipinski definition) is 3. The number of nitrogens with two attached hydrogens (primary N) is 1. The molecule has 0 unspecified atom stereocenters. The fourth-order valence-corrected chi connectivity index (χ4v) is 2.10. The second-order valence-corrected chi connectivity index (χ2v) is 4.57. The highest BCUT2D eigenvalue weighted by Gasteiger charge is 2.11. The lowest BCUT2D eigenvalue weighted by Gasteiger charge is -2.04. The predicted molar refractivity (Wildman–Crippen MR) is 74.9 cm³/mol. The van der Waals surface area contributed by atoms with Crippen LogP contribution < -0.4 is 5.73 Å². The normalized spacial score (nSPS) is 10.8. The van der Waals surface area contributed by atoms with Gasteiger partial charge >= 0.3 is 0 Å². The van der Waals surface area contributed by atoms with E-state index in [0.717, 1.165) is 22.5 Å². The van der Waals surface area contributed by atoms with Gasteiger partial charge in [0.25, 0.3) is 0 Å². The van der Waals surface area contributed by atoms with Gasteiger partial charge in [-0.15, -0.1) is 0 Å². The number of nitrogens with zero attached hydrogens (tertiary/aromatic N) is 4. The third-order valence-electron chi connectivity index (χ3n) is 3.08. The number of aromatic nitrogens is 4. The number of aryl methyl sites for hydroxylation is 2. The first-order chi connectivity index (χ1) is 9.15. The Labute approximate surface area is 111 Å². The second-order valence-electron chi connectivity index (χ2n) is 4.57. The van der Waals surface area contributed by atoms with E-state index in [1.54, 1.807) is 10.9 Å². The van der Waals surface area contributed by atoms with Crippen molar-refractivity contribution in [2.45, 2.75) is 6.92 Å². The van der Waals surface area contributed by atoms with Crippen molar-refractivity contribution in [3.63, 3.8) is 0 Å². The van der Waals surface area contributed by atoms with E-state index in [0.29, 0.717) is 5.69 Å². The number of nitrogen functional groups attached to an aromatic ring is 1. The van der Waals surface area contributed by atoms with Gasteiger partial charge in [0, 0.05) is 18.8 Å². The van der Waals surface area contributed by atoms with Crippen LogP contribution in [-0.4, -0.2) is 19.6 Å². The molecule has 2 aromatic heterocycles. The van der Waals surface area contributed by atoms with Gasteiger partial charge in [0.15, 0.2) is 0 Å². The summed E-state index contributed by atoms with van der Waals surface area (Å²) in [6, 6.07) is 8.07. The van der Waals surface area contributed by atoms with Crippen LogP contribution in [0, 0.1) is 6.92 Å². The number of rotatable bonds is 2. The van der Waals surface area contributed by atoms with Crippen LogP contribution in [0.25, 0.3) is 16.9 Å². The quantitative estimate of drug-likeness (QED) is 0.761. The van der Waals surface area contributed by atoms with Crippen molar-refractivity contribution < 1.29 is 0 Å². The van der Waals surface area contributed by atoms with Gasteiger partial charge in [-0.05, 0) is 18.6 Å². The molecule has 0 fully saturated rings. The number of para-hydroxylation sites is 1. The molecular weight excluding hydrogens is 238 g/mol. The molecule has 0 spiro atoms. The van der Waals surface area contributed by atoms with Crippen LogP contribution >= 0.6 is 0 Å². The minimum absolute atomic E-state index is 0.649. The summed E-state index contributed by atoms with van der Waals surface area (Å²) in [5.74, 6) is 0. The van der Waals surface area contributed by atoms with Crippen LogP contribution in [-0.2, 0) is 7.05 Å². The van der Waals surface area contributed by atoms with Crippen LogP contribution in [0.4, 0.5) is 5.69 Å². The molecule has 3 aromatic rings. The highest BCUT2D eigenvalue weighted by Crippen LogP contribution is 2.25. The van der Waals surface area contributed by atoms with Crippen LogP contribution in [0.3, 0.4) is 0 Å². The Bertz CT molecular complexity index is 723. The van der Waals surface area contributed by atoms with Gasteiger partial charge in [-0.1, -0.05) is 18.2 Å². The molecule has 3 rings (SSSR count). The molecule has 2 N–H and O–H groups in total. The summed E-state index contributed by atoms with van der Waals surface area (Å²) in [6.07, 6.45) is 5.51. The molecule has 0 radical (unpaired) electrons. The van der Waals surface area contributed by atoms with Crippen LogP contribution in [0.5, 0.6) is 0 Å². The van der Waals surface area contributed by atoms with Crippen molar-refractivity contribution >= 4 is 5.69 Å². The highest BCUT2D eigenvalue weighted by atomic mass is 15.3. The smallest absolute Gasteiger partial charge is 0.119 e. The van der Waals surface area contributed by atoms with Crippen molar-refractivity contribution in [1.29, 1.82) is 0 Å². The summed E-state index contributed by atoms with van der Waals surface area (Å²) in [7, 11) is 1.87. The monoisotopic (exact) mass is 253 g/mol. The summed E-state index contributed by atoms with van der Waals surface area (Å²) in [5.41, 5.74) is 10.6. The highest BCUT2D eigenvalue weighted by molar-refractivity contribution is 5.71. The molecule has 0 atom stereocenters. The van der Waals surface area contributed by atoms with Gasteiger partial charge < -0.3 is 5.73 Å². The minimum atomic E-state index is 0.649. The summed E-state index contributed by atoms with van der Waals surface area (Å²) < 4.78 is 3.55. The van der Waals surface area contributed by atoms with Crippen LogP contribution in [0.15, 0.2) is 42.9 Å². The zero-order valence-corrected chi connectivity index (χ0v) is 10.9. The molecule has 2 heterocycles. The first-order valence-corrected chi connectivity index (χ1v) is 6.05. The molecule has 0 aliphatic heterocycles. The van der Waals surface area contributed by atoms with Gasteiger partial charge in [0.1, 0.15) is 5.69 Å². The first-order valence-electron chi connectivity index (χ1n) is 6.05. The SMILES string of the molecule is Cc1ccccc1-n1cc(N)c(-c2cnn(C)c2)n1. The van der Waals surface area contributed by atoms with E-state index in [-0.39, 0.29) is 0 Å². The molecule has 0 aliphatic carbocycles. The fraction of sp³-hybridized carbons (Fsp3) is 0.143. The lowest BCUT2D eigenvalue weighted by Crippen LogP contribution is -1.97. The fourth-order valence-electron chi connectivity index (χ4n) is 2.10. The lowest BCUT2D eigenvalue weighted by molar-refractivity contribution is 0.768. The van der Waals surface area contributed by atoms with E-state index in [2.05, 4.69) is 23.2 Å². The van der Waals surface area contributed by atoms with E-state index in [1.165, 1.54) is 0 Å². The summed E-state index contributed by atoms with van der Waals surface area (Å²) in [6.45, 7) is 2.05. The zero-order chi connectivity index (χ0) is 13.4. The average Bonchev–Trinajstić information content (AvgIpc) is 2.96. The third-order valence-corrected chi connectivity index (χ3v) is 3.08. The third kappa shape index (κ3) is 1.99. The van der Waals surface area contributed by atoms with Crippen LogP contribution in [0.2, 0.25) is 0 Å². The van der Waals surface area contributed by atoms with Gasteiger partial charge in [0.05, 0.1) is 23.8 Å². The molecular formula is C14H15N5. The van der Waals surface area contributed by atoms with E-state index < -0.39 is 0 Å². The molecule has 5 heteroatoms. The minimum Gasteiger partial charge on any atom is -0.396 e. The van der Waals surface area contributed by atoms with E-state index in [1.807, 2.05) is 42.3 Å². The Morgan fingerprint density at radius 3 is 2.63 bits per heavy atom. The van der Waals surface area contributed by atoms with E-state index in [9.17, 15) is 0 Å². The molecule has 1 aromatic carbocycles. The largest absolute Gasteiger partial charge is 0.396 e. The van der Waals surface area contributed by atoms with E-state index >= 15 is 0 Å². The standard InChI is InChI=1S/C14H15N5/c1-10-5-3-4-6-13(10)19-9-12(15)14(17-19)11-7-16-18(2)8-11/h3-9H,15H2,1-2H3. The molecule has 0 saturated heterocycles. The maximum absolute atomic E-state index is 6.05. The number of anilines is 1. The Hall–Kier alpha value is -2.56. The van der Waals surface area contributed by atoms with Crippen molar-refractivity contribution in [3.05, 3.63) is 48.4 Å². The molecule has 0 saturated carbocycles. The Balaban J connectivity index is 2.10. The van der Waals surface area contributed by atoms with Crippen molar-refractivity contribution in [3.8, 4) is 16.9 Å². The maximum Gasteiger partial charge on any atom is 0.119 e. The summed E-state index contributed by atoms with van der Waals surface area (Å²) in [4.78, 5) is 0. The summed E-state index contributed by atoms with van der Waals surface area (Å²) in [5, 5.41) is 8.71. The van der Waals surface area contributed by atoms with Gasteiger partial charge in [-0.2, -0.15) is 10.2 Å². The Morgan fingerprint density at radius 1 is 1.16 bits per heavy atom. The van der Waals surface area contributed by atoms with Crippen LogP contribution in [0.1, 0.15) is 5.56 Å². The average molecular weight is 253 g/mol. The Morgan fingerprint density at radius 2 is 1.95 bits per heavy atom. The molecule has 5 nitrogen and oxygen atoms in total. The van der Waals surface area contributed by atoms with Gasteiger partial charge in [-0.25, -0.2) is 4.68 Å². The van der Waals surface area contributed by atoms with Crippen molar-refractivity contribution in [2.75, 3.05) is 5.73 Å². The number of benzene rings is 1. The van der Waals surface area contributed by atoms with Crippen molar-refractivity contribution in [1.82, 2.24) is 19.6 Å². The maximum atomic E-state index is 6.05. The van der Waals surface area contributed by atoms with Gasteiger partial charge in [-0.3, -0.25) is 4.68 Å². The molecule has 96 valence electrons. The Kier molecular flexibility index (Phi) is 2.59.